The predicted octanol–water partition coefficient (Wildman–Crippen LogP) is 0.502. The van der Waals surface area contributed by atoms with Crippen LogP contribution in [0.25, 0.3) is 0 Å². The van der Waals surface area contributed by atoms with Crippen molar-refractivity contribution in [2.75, 3.05) is 0 Å². The number of rotatable bonds is 4. The zero-order valence-corrected chi connectivity index (χ0v) is 11.9. The average molecular weight is 292 g/mol. The minimum Gasteiger partial charge on any atom is -0.309 e. The lowest BCUT2D eigenvalue weighted by atomic mass is 10.1. The molecule has 0 atom stereocenters. The molecule has 1 aromatic heterocycles. The molecule has 0 unspecified atom stereocenters. The summed E-state index contributed by atoms with van der Waals surface area (Å²) in [4.78, 5) is 0.308. The van der Waals surface area contributed by atoms with E-state index in [9.17, 15) is 8.42 Å². The Bertz CT molecular complexity index is 737. The van der Waals surface area contributed by atoms with Crippen molar-refractivity contribution in [3.8, 4) is 0 Å². The van der Waals surface area contributed by atoms with Crippen LogP contribution in [-0.2, 0) is 36.7 Å². The second kappa shape index (κ2) is 5.01. The van der Waals surface area contributed by atoms with Crippen molar-refractivity contribution in [1.29, 1.82) is 0 Å². The van der Waals surface area contributed by atoms with Gasteiger partial charge in [-0.1, -0.05) is 6.07 Å². The smallest absolute Gasteiger partial charge is 0.240 e. The van der Waals surface area contributed by atoms with Crippen LogP contribution in [0.3, 0.4) is 0 Å². The van der Waals surface area contributed by atoms with Gasteiger partial charge >= 0.3 is 0 Å². The second-order valence-corrected chi connectivity index (χ2v) is 6.57. The Labute approximate surface area is 117 Å². The first-order chi connectivity index (χ1) is 9.56. The minimum absolute atomic E-state index is 0.230. The fourth-order valence-electron chi connectivity index (χ4n) is 2.27. The molecule has 0 bridgehead atoms. The van der Waals surface area contributed by atoms with Crippen LogP contribution in [0.15, 0.2) is 35.4 Å². The van der Waals surface area contributed by atoms with Crippen molar-refractivity contribution in [2.24, 2.45) is 7.05 Å². The van der Waals surface area contributed by atoms with Gasteiger partial charge in [0.1, 0.15) is 0 Å². The Balaban J connectivity index is 1.80. The Morgan fingerprint density at radius 3 is 2.85 bits per heavy atom. The molecule has 7 heteroatoms. The van der Waals surface area contributed by atoms with Crippen molar-refractivity contribution in [3.63, 3.8) is 0 Å². The van der Waals surface area contributed by atoms with E-state index in [1.165, 1.54) is 0 Å². The van der Waals surface area contributed by atoms with Crippen molar-refractivity contribution in [1.82, 2.24) is 19.8 Å². The quantitative estimate of drug-likeness (QED) is 0.860. The summed E-state index contributed by atoms with van der Waals surface area (Å²) in [5.74, 6) is 0. The monoisotopic (exact) mass is 292 g/mol. The molecule has 0 aliphatic carbocycles. The van der Waals surface area contributed by atoms with E-state index in [-0.39, 0.29) is 6.54 Å². The largest absolute Gasteiger partial charge is 0.309 e. The highest BCUT2D eigenvalue weighted by molar-refractivity contribution is 7.89. The van der Waals surface area contributed by atoms with Gasteiger partial charge in [-0.25, -0.2) is 13.1 Å². The number of hydrogen-bond donors (Lipinski definition) is 2. The Kier molecular flexibility index (Phi) is 3.33. The molecule has 106 valence electrons. The van der Waals surface area contributed by atoms with Crippen molar-refractivity contribution < 1.29 is 8.42 Å². The molecule has 2 N–H and O–H groups in total. The van der Waals surface area contributed by atoms with E-state index in [1.807, 2.05) is 6.07 Å². The molecule has 0 fully saturated rings. The van der Waals surface area contributed by atoms with Crippen molar-refractivity contribution >= 4 is 10.0 Å². The Morgan fingerprint density at radius 1 is 1.30 bits per heavy atom. The Hall–Kier alpha value is -1.70. The molecule has 1 aromatic carbocycles. The summed E-state index contributed by atoms with van der Waals surface area (Å²) in [5.41, 5.74) is 3.03. The standard InChI is InChI=1S/C13H16N4O2S/c1-17-12(4-5-15-17)9-16-20(18,19)13-3-2-10-7-14-8-11(10)6-13/h2-6,14,16H,7-9H2,1H3. The molecule has 0 saturated carbocycles. The number of nitrogens with zero attached hydrogens (tertiary/aromatic N) is 2. The molecule has 3 rings (SSSR count). The highest BCUT2D eigenvalue weighted by Gasteiger charge is 2.18. The number of aromatic nitrogens is 2. The normalized spacial score (nSPS) is 14.4. The highest BCUT2D eigenvalue weighted by Crippen LogP contribution is 2.20. The molecule has 20 heavy (non-hydrogen) atoms. The van der Waals surface area contributed by atoms with Gasteiger partial charge in [-0.2, -0.15) is 5.10 Å². The summed E-state index contributed by atoms with van der Waals surface area (Å²) >= 11 is 0. The van der Waals surface area contributed by atoms with E-state index < -0.39 is 10.0 Å². The highest BCUT2D eigenvalue weighted by atomic mass is 32.2. The van der Waals surface area contributed by atoms with Crippen molar-refractivity contribution in [2.45, 2.75) is 24.5 Å². The van der Waals surface area contributed by atoms with Gasteiger partial charge in [0.2, 0.25) is 10.0 Å². The lowest BCUT2D eigenvalue weighted by molar-refractivity contribution is 0.577. The first-order valence-corrected chi connectivity index (χ1v) is 7.84. The molecule has 0 radical (unpaired) electrons. The van der Waals surface area contributed by atoms with Gasteiger partial charge in [0.25, 0.3) is 0 Å². The molecule has 1 aliphatic rings. The fourth-order valence-corrected chi connectivity index (χ4v) is 3.31. The van der Waals surface area contributed by atoms with Gasteiger partial charge in [0.15, 0.2) is 0 Å². The topological polar surface area (TPSA) is 76.0 Å². The SMILES string of the molecule is Cn1nccc1CNS(=O)(=O)c1ccc2c(c1)CNC2. The van der Waals surface area contributed by atoms with Crippen LogP contribution in [0.5, 0.6) is 0 Å². The minimum atomic E-state index is -3.49. The summed E-state index contributed by atoms with van der Waals surface area (Å²) in [6.07, 6.45) is 1.64. The maximum atomic E-state index is 12.3. The molecule has 2 aromatic rings. The number of hydrogen-bond acceptors (Lipinski definition) is 4. The van der Waals surface area contributed by atoms with Crippen LogP contribution in [0.4, 0.5) is 0 Å². The Morgan fingerprint density at radius 2 is 2.10 bits per heavy atom. The van der Waals surface area contributed by atoms with Gasteiger partial charge < -0.3 is 5.32 Å². The summed E-state index contributed by atoms with van der Waals surface area (Å²) < 4.78 is 28.8. The van der Waals surface area contributed by atoms with Crippen LogP contribution in [-0.4, -0.2) is 18.2 Å². The maximum absolute atomic E-state index is 12.3. The summed E-state index contributed by atoms with van der Waals surface area (Å²) in [5, 5.41) is 7.21. The molecular weight excluding hydrogens is 276 g/mol. The number of sulfonamides is 1. The van der Waals surface area contributed by atoms with Crippen LogP contribution in [0.1, 0.15) is 16.8 Å². The molecule has 2 heterocycles. The van der Waals surface area contributed by atoms with E-state index in [2.05, 4.69) is 15.1 Å². The number of fused-ring (bicyclic) bond motifs is 1. The van der Waals surface area contributed by atoms with Gasteiger partial charge in [-0.3, -0.25) is 4.68 Å². The predicted molar refractivity (Wildman–Crippen MR) is 74.2 cm³/mol. The molecular formula is C13H16N4O2S. The fraction of sp³-hybridized carbons (Fsp3) is 0.308. The average Bonchev–Trinajstić information content (AvgIpc) is 3.04. The van der Waals surface area contributed by atoms with Crippen LogP contribution >= 0.6 is 0 Å². The first kappa shape index (κ1) is 13.3. The van der Waals surface area contributed by atoms with Crippen LogP contribution < -0.4 is 10.0 Å². The summed E-state index contributed by atoms with van der Waals surface area (Å²) in [6.45, 7) is 1.76. The van der Waals surface area contributed by atoms with Crippen molar-refractivity contribution in [3.05, 3.63) is 47.3 Å². The summed E-state index contributed by atoms with van der Waals surface area (Å²) in [7, 11) is -1.71. The maximum Gasteiger partial charge on any atom is 0.240 e. The lowest BCUT2D eigenvalue weighted by Crippen LogP contribution is -2.24. The van der Waals surface area contributed by atoms with Gasteiger partial charge in [0, 0.05) is 26.3 Å². The summed E-state index contributed by atoms with van der Waals surface area (Å²) in [6, 6.07) is 7.04. The van der Waals surface area contributed by atoms with E-state index in [4.69, 9.17) is 0 Å². The third-order valence-electron chi connectivity index (χ3n) is 3.48. The van der Waals surface area contributed by atoms with E-state index in [0.717, 1.165) is 29.9 Å². The number of nitrogens with one attached hydrogen (secondary N) is 2. The second-order valence-electron chi connectivity index (χ2n) is 4.80. The van der Waals surface area contributed by atoms with E-state index in [0.29, 0.717) is 4.90 Å². The van der Waals surface area contributed by atoms with Crippen LogP contribution in [0.2, 0.25) is 0 Å². The van der Waals surface area contributed by atoms with Gasteiger partial charge in [-0.05, 0) is 29.3 Å². The molecule has 0 amide bonds. The number of aryl methyl sites for hydroxylation is 1. The zero-order chi connectivity index (χ0) is 14.2. The molecule has 1 aliphatic heterocycles. The van der Waals surface area contributed by atoms with E-state index >= 15 is 0 Å². The van der Waals surface area contributed by atoms with Gasteiger partial charge in [-0.15, -0.1) is 0 Å². The third kappa shape index (κ3) is 2.47. The van der Waals surface area contributed by atoms with E-state index in [1.54, 1.807) is 36.1 Å². The molecule has 6 nitrogen and oxygen atoms in total. The lowest BCUT2D eigenvalue weighted by Gasteiger charge is -2.08. The molecule has 0 saturated heterocycles. The third-order valence-corrected chi connectivity index (χ3v) is 4.88. The zero-order valence-electron chi connectivity index (χ0n) is 11.1. The van der Waals surface area contributed by atoms with Crippen LogP contribution in [0, 0.1) is 0 Å². The molecule has 0 spiro atoms. The van der Waals surface area contributed by atoms with Gasteiger partial charge in [0.05, 0.1) is 17.1 Å². The number of benzene rings is 1. The first-order valence-electron chi connectivity index (χ1n) is 6.35.